The summed E-state index contributed by atoms with van der Waals surface area (Å²) in [6.07, 6.45) is 4.56. The SMILES string of the molecule is Cc1cc2ncc(C#N)c(Nc3ccc(OCc4ncccc4C)c(C)c3C)c2cc1NC(=O)CCCN(C)C. The number of ether oxygens (including phenoxy) is 1. The molecule has 2 aromatic carbocycles. The Kier molecular flexibility index (Phi) is 8.97. The second kappa shape index (κ2) is 12.6. The molecule has 8 heteroatoms. The minimum absolute atomic E-state index is 0.0360. The molecule has 0 unspecified atom stereocenters. The van der Waals surface area contributed by atoms with Crippen molar-refractivity contribution in [2.75, 3.05) is 31.3 Å². The number of amides is 1. The highest BCUT2D eigenvalue weighted by Crippen LogP contribution is 2.35. The molecule has 1 amide bonds. The van der Waals surface area contributed by atoms with Crippen LogP contribution < -0.4 is 15.4 Å². The molecule has 0 spiro atoms. The maximum atomic E-state index is 12.6. The highest BCUT2D eigenvalue weighted by Gasteiger charge is 2.16. The van der Waals surface area contributed by atoms with Crippen molar-refractivity contribution in [3.05, 3.63) is 82.3 Å². The molecule has 0 bridgehead atoms. The molecule has 40 heavy (non-hydrogen) atoms. The fraction of sp³-hybridized carbons (Fsp3) is 0.312. The molecule has 0 aliphatic carbocycles. The Morgan fingerprint density at radius 2 is 1.82 bits per heavy atom. The number of nitrogens with zero attached hydrogens (tertiary/aromatic N) is 4. The van der Waals surface area contributed by atoms with Crippen molar-refractivity contribution >= 4 is 33.9 Å². The molecule has 4 aromatic rings. The zero-order chi connectivity index (χ0) is 28.8. The van der Waals surface area contributed by atoms with Gasteiger partial charge in [0.25, 0.3) is 0 Å². The number of carbonyl (C=O) groups is 1. The molecule has 0 aliphatic heterocycles. The summed E-state index contributed by atoms with van der Waals surface area (Å²) in [4.78, 5) is 23.6. The topological polar surface area (TPSA) is 103 Å². The maximum absolute atomic E-state index is 12.6. The second-order valence-corrected chi connectivity index (χ2v) is 10.3. The third kappa shape index (κ3) is 6.56. The van der Waals surface area contributed by atoms with Crippen LogP contribution in [-0.2, 0) is 11.4 Å². The highest BCUT2D eigenvalue weighted by molar-refractivity contribution is 6.01. The molecule has 0 saturated carbocycles. The molecule has 0 radical (unpaired) electrons. The molecular weight excluding hydrogens is 500 g/mol. The van der Waals surface area contributed by atoms with Crippen molar-refractivity contribution in [2.24, 2.45) is 0 Å². The molecule has 8 nitrogen and oxygen atoms in total. The van der Waals surface area contributed by atoms with Crippen LogP contribution in [-0.4, -0.2) is 41.4 Å². The molecule has 4 rings (SSSR count). The summed E-state index contributed by atoms with van der Waals surface area (Å²) < 4.78 is 6.12. The van der Waals surface area contributed by atoms with Crippen molar-refractivity contribution in [3.63, 3.8) is 0 Å². The standard InChI is InChI=1S/C32H36N6O2/c1-20-9-7-13-34-29(20)19-40-30-12-11-26(22(3)23(30)4)37-32-24(17-33)18-35-28-15-21(2)27(16-25(28)32)36-31(39)10-8-14-38(5)6/h7,9,11-13,15-16,18H,8,10,14,19H2,1-6H3,(H,35,37)(H,36,39). The Labute approximate surface area is 236 Å². The lowest BCUT2D eigenvalue weighted by atomic mass is 10.0. The van der Waals surface area contributed by atoms with E-state index in [1.54, 1.807) is 12.4 Å². The van der Waals surface area contributed by atoms with Gasteiger partial charge in [0.05, 0.1) is 22.5 Å². The van der Waals surface area contributed by atoms with Crippen LogP contribution in [0.15, 0.2) is 48.8 Å². The van der Waals surface area contributed by atoms with Gasteiger partial charge >= 0.3 is 0 Å². The third-order valence-corrected chi connectivity index (χ3v) is 7.10. The Morgan fingerprint density at radius 3 is 2.55 bits per heavy atom. The van der Waals surface area contributed by atoms with Crippen LogP contribution >= 0.6 is 0 Å². The van der Waals surface area contributed by atoms with E-state index in [0.717, 1.165) is 63.3 Å². The first-order valence-electron chi connectivity index (χ1n) is 13.4. The van der Waals surface area contributed by atoms with Crippen molar-refractivity contribution in [3.8, 4) is 11.8 Å². The van der Waals surface area contributed by atoms with Crippen LogP contribution in [0.5, 0.6) is 5.75 Å². The Bertz CT molecular complexity index is 1590. The quantitative estimate of drug-likeness (QED) is 0.244. The number of hydrogen-bond donors (Lipinski definition) is 2. The lowest BCUT2D eigenvalue weighted by molar-refractivity contribution is -0.116. The first kappa shape index (κ1) is 28.5. The van der Waals surface area contributed by atoms with Crippen LogP contribution in [0.3, 0.4) is 0 Å². The molecule has 0 fully saturated rings. The molecule has 206 valence electrons. The van der Waals surface area contributed by atoms with E-state index in [9.17, 15) is 10.1 Å². The average molecular weight is 537 g/mol. The van der Waals surface area contributed by atoms with Crippen molar-refractivity contribution in [2.45, 2.75) is 47.1 Å². The van der Waals surface area contributed by atoms with E-state index in [1.807, 2.05) is 78.2 Å². The number of rotatable bonds is 10. The molecule has 0 atom stereocenters. The zero-order valence-corrected chi connectivity index (χ0v) is 24.1. The van der Waals surface area contributed by atoms with E-state index < -0.39 is 0 Å². The number of hydrogen-bond acceptors (Lipinski definition) is 7. The van der Waals surface area contributed by atoms with Gasteiger partial charge in [-0.1, -0.05) is 6.07 Å². The maximum Gasteiger partial charge on any atom is 0.224 e. The molecular formula is C32H36N6O2. The number of nitriles is 1. The summed E-state index contributed by atoms with van der Waals surface area (Å²) in [7, 11) is 3.99. The number of aromatic nitrogens is 2. The molecule has 0 saturated heterocycles. The monoisotopic (exact) mass is 536 g/mol. The van der Waals surface area contributed by atoms with E-state index in [0.29, 0.717) is 30.0 Å². The van der Waals surface area contributed by atoms with Crippen molar-refractivity contribution in [1.29, 1.82) is 5.26 Å². The average Bonchev–Trinajstić information content (AvgIpc) is 2.92. The minimum Gasteiger partial charge on any atom is -0.487 e. The van der Waals surface area contributed by atoms with Crippen LogP contribution in [0, 0.1) is 39.0 Å². The van der Waals surface area contributed by atoms with E-state index in [2.05, 4.69) is 31.6 Å². The Balaban J connectivity index is 1.62. The zero-order valence-electron chi connectivity index (χ0n) is 24.1. The van der Waals surface area contributed by atoms with Gasteiger partial charge in [-0.2, -0.15) is 5.26 Å². The highest BCUT2D eigenvalue weighted by atomic mass is 16.5. The fourth-order valence-electron chi connectivity index (χ4n) is 4.50. The number of carbonyl (C=O) groups excluding carboxylic acids is 1. The number of benzene rings is 2. The number of aryl methyl sites for hydroxylation is 2. The van der Waals surface area contributed by atoms with Crippen molar-refractivity contribution in [1.82, 2.24) is 14.9 Å². The van der Waals surface area contributed by atoms with Gasteiger partial charge in [0.1, 0.15) is 18.4 Å². The lowest BCUT2D eigenvalue weighted by Gasteiger charge is -2.18. The predicted molar refractivity (Wildman–Crippen MR) is 160 cm³/mol. The third-order valence-electron chi connectivity index (χ3n) is 7.10. The lowest BCUT2D eigenvalue weighted by Crippen LogP contribution is -2.17. The largest absolute Gasteiger partial charge is 0.487 e. The number of pyridine rings is 2. The summed E-state index contributed by atoms with van der Waals surface area (Å²) in [6.45, 7) is 9.24. The second-order valence-electron chi connectivity index (χ2n) is 10.3. The normalized spacial score (nSPS) is 10.9. The summed E-state index contributed by atoms with van der Waals surface area (Å²) in [5.74, 6) is 0.745. The summed E-state index contributed by atoms with van der Waals surface area (Å²) >= 11 is 0. The Morgan fingerprint density at radius 1 is 1.02 bits per heavy atom. The van der Waals surface area contributed by atoms with Gasteiger partial charge < -0.3 is 20.3 Å². The first-order valence-corrected chi connectivity index (χ1v) is 13.4. The van der Waals surface area contributed by atoms with Gasteiger partial charge in [-0.3, -0.25) is 14.8 Å². The van der Waals surface area contributed by atoms with Gasteiger partial charge in [0.2, 0.25) is 5.91 Å². The van der Waals surface area contributed by atoms with E-state index in [-0.39, 0.29) is 5.91 Å². The number of fused-ring (bicyclic) bond motifs is 1. The first-order chi connectivity index (χ1) is 19.2. The minimum atomic E-state index is -0.0360. The van der Waals surface area contributed by atoms with Gasteiger partial charge in [-0.25, -0.2) is 0 Å². The van der Waals surface area contributed by atoms with E-state index in [4.69, 9.17) is 4.74 Å². The summed E-state index contributed by atoms with van der Waals surface area (Å²) in [5, 5.41) is 17.2. The van der Waals surface area contributed by atoms with Crippen LogP contribution in [0.25, 0.3) is 10.9 Å². The smallest absolute Gasteiger partial charge is 0.224 e. The fourth-order valence-corrected chi connectivity index (χ4v) is 4.50. The van der Waals surface area contributed by atoms with Gasteiger partial charge in [-0.05, 0) is 107 Å². The van der Waals surface area contributed by atoms with E-state index in [1.165, 1.54) is 0 Å². The van der Waals surface area contributed by atoms with Crippen LogP contribution in [0.1, 0.15) is 46.4 Å². The Hall–Kier alpha value is -4.48. The number of anilines is 3. The summed E-state index contributed by atoms with van der Waals surface area (Å²) in [6, 6.07) is 13.9. The number of nitrogens with one attached hydrogen (secondary N) is 2. The van der Waals surface area contributed by atoms with Gasteiger partial charge in [0.15, 0.2) is 0 Å². The predicted octanol–water partition coefficient (Wildman–Crippen LogP) is 6.34. The van der Waals surface area contributed by atoms with Gasteiger partial charge in [0, 0.05) is 35.6 Å². The molecule has 2 aromatic heterocycles. The molecule has 0 aliphatic rings. The van der Waals surface area contributed by atoms with Crippen molar-refractivity contribution < 1.29 is 9.53 Å². The molecule has 2 N–H and O–H groups in total. The van der Waals surface area contributed by atoms with Gasteiger partial charge in [-0.15, -0.1) is 0 Å². The molecule has 2 heterocycles. The summed E-state index contributed by atoms with van der Waals surface area (Å²) in [5.41, 5.74) is 8.28. The van der Waals surface area contributed by atoms with E-state index >= 15 is 0 Å². The van der Waals surface area contributed by atoms with Crippen LogP contribution in [0.4, 0.5) is 17.1 Å². The van der Waals surface area contributed by atoms with Crippen LogP contribution in [0.2, 0.25) is 0 Å².